The van der Waals surface area contributed by atoms with E-state index in [1.165, 1.54) is 4.31 Å². The lowest BCUT2D eigenvalue weighted by Crippen LogP contribution is -2.32. The van der Waals surface area contributed by atoms with Crippen LogP contribution in [0.15, 0.2) is 27.5 Å². The van der Waals surface area contributed by atoms with Crippen molar-refractivity contribution in [3.63, 3.8) is 0 Å². The van der Waals surface area contributed by atoms with E-state index in [1.807, 2.05) is 13.8 Å². The van der Waals surface area contributed by atoms with E-state index < -0.39 is 10.0 Å². The largest absolute Gasteiger partial charge is 0.464 e. The Hall–Kier alpha value is -1.11. The van der Waals surface area contributed by atoms with Crippen molar-refractivity contribution >= 4 is 10.0 Å². The maximum Gasteiger partial charge on any atom is 0.246 e. The smallest absolute Gasteiger partial charge is 0.246 e. The molecule has 0 atom stereocenters. The molecule has 0 spiro atoms. The highest BCUT2D eigenvalue weighted by molar-refractivity contribution is 7.89. The predicted octanol–water partition coefficient (Wildman–Crippen LogP) is 2.67. The third-order valence-electron chi connectivity index (χ3n) is 3.07. The summed E-state index contributed by atoms with van der Waals surface area (Å²) in [5, 5.41) is 3.20. The summed E-state index contributed by atoms with van der Waals surface area (Å²) in [7, 11) is -3.54. The van der Waals surface area contributed by atoms with Crippen LogP contribution in [0.4, 0.5) is 0 Å². The topological polar surface area (TPSA) is 62.6 Å². The van der Waals surface area contributed by atoms with Gasteiger partial charge in [-0.05, 0) is 26.8 Å². The molecule has 1 aromatic heterocycles. The average molecular weight is 314 g/mol. The van der Waals surface area contributed by atoms with Crippen molar-refractivity contribution in [2.75, 3.05) is 19.6 Å². The normalized spacial score (nSPS) is 12.0. The number of sulfonamides is 1. The fraction of sp³-hybridized carbons (Fsp3) is 0.600. The van der Waals surface area contributed by atoms with Gasteiger partial charge in [0.05, 0.1) is 6.54 Å². The van der Waals surface area contributed by atoms with Crippen molar-refractivity contribution in [3.05, 3.63) is 29.7 Å². The third kappa shape index (κ3) is 4.69. The van der Waals surface area contributed by atoms with Gasteiger partial charge in [0.25, 0.3) is 0 Å². The molecule has 0 radical (unpaired) electrons. The molecule has 0 fully saturated rings. The first kappa shape index (κ1) is 17.9. The van der Waals surface area contributed by atoms with Gasteiger partial charge in [-0.15, -0.1) is 0 Å². The van der Waals surface area contributed by atoms with E-state index in [9.17, 15) is 8.42 Å². The van der Waals surface area contributed by atoms with Gasteiger partial charge >= 0.3 is 0 Å². The van der Waals surface area contributed by atoms with Gasteiger partial charge in [-0.2, -0.15) is 4.31 Å². The molecule has 0 aliphatic rings. The molecule has 120 valence electrons. The Bertz CT molecular complexity index is 576. The maximum absolute atomic E-state index is 12.7. The predicted molar refractivity (Wildman–Crippen MR) is 84.7 cm³/mol. The summed E-state index contributed by atoms with van der Waals surface area (Å²) < 4.78 is 32.3. The molecule has 0 aliphatic heterocycles. The van der Waals surface area contributed by atoms with Crippen LogP contribution < -0.4 is 5.32 Å². The number of nitrogens with one attached hydrogen (secondary N) is 1. The number of nitrogens with zero attached hydrogens (tertiary/aromatic N) is 1. The summed E-state index contributed by atoms with van der Waals surface area (Å²) in [4.78, 5) is 0.249. The number of likely N-dealkylation sites (N-methyl/N-ethyl adjacent to an activating group) is 1. The van der Waals surface area contributed by atoms with E-state index in [0.29, 0.717) is 31.2 Å². The molecule has 0 amide bonds. The molecule has 0 saturated carbocycles. The lowest BCUT2D eigenvalue weighted by Gasteiger charge is -2.19. The highest BCUT2D eigenvalue weighted by atomic mass is 32.2. The molecule has 1 N–H and O–H groups in total. The van der Waals surface area contributed by atoms with Gasteiger partial charge in [-0.25, -0.2) is 8.42 Å². The van der Waals surface area contributed by atoms with Crippen molar-refractivity contribution in [2.24, 2.45) is 0 Å². The molecule has 0 saturated heterocycles. The van der Waals surface area contributed by atoms with Gasteiger partial charge in [-0.1, -0.05) is 26.0 Å². The summed E-state index contributed by atoms with van der Waals surface area (Å²) >= 11 is 0. The lowest BCUT2D eigenvalue weighted by atomic mass is 10.3. The van der Waals surface area contributed by atoms with Crippen molar-refractivity contribution < 1.29 is 12.8 Å². The second kappa shape index (κ2) is 7.77. The minimum atomic E-state index is -3.54. The van der Waals surface area contributed by atoms with Gasteiger partial charge in [-0.3, -0.25) is 0 Å². The fourth-order valence-corrected chi connectivity index (χ4v) is 3.76. The third-order valence-corrected chi connectivity index (χ3v) is 5.09. The minimum Gasteiger partial charge on any atom is -0.464 e. The molecule has 1 rings (SSSR count). The van der Waals surface area contributed by atoms with Crippen LogP contribution in [-0.2, 0) is 16.6 Å². The molecule has 1 aromatic rings. The number of hydrogen-bond donors (Lipinski definition) is 1. The van der Waals surface area contributed by atoms with Crippen LogP contribution in [0.5, 0.6) is 0 Å². The minimum absolute atomic E-state index is 0.249. The molecular weight excluding hydrogens is 288 g/mol. The van der Waals surface area contributed by atoms with E-state index >= 15 is 0 Å². The van der Waals surface area contributed by atoms with E-state index in [-0.39, 0.29) is 4.90 Å². The van der Waals surface area contributed by atoms with E-state index in [4.69, 9.17) is 4.42 Å². The second-order valence-corrected chi connectivity index (χ2v) is 7.10. The Morgan fingerprint density at radius 1 is 1.43 bits per heavy atom. The second-order valence-electron chi connectivity index (χ2n) is 5.20. The first-order valence-electron chi connectivity index (χ1n) is 7.27. The van der Waals surface area contributed by atoms with Crippen LogP contribution in [-0.4, -0.2) is 32.4 Å². The summed E-state index contributed by atoms with van der Waals surface area (Å²) in [6, 6.07) is 1.62. The zero-order valence-electron chi connectivity index (χ0n) is 13.4. The number of rotatable bonds is 9. The fourth-order valence-electron chi connectivity index (χ4n) is 2.06. The number of furan rings is 1. The first-order valence-corrected chi connectivity index (χ1v) is 8.71. The molecule has 1 heterocycles. The maximum atomic E-state index is 12.7. The highest BCUT2D eigenvalue weighted by Gasteiger charge is 2.27. The van der Waals surface area contributed by atoms with Crippen LogP contribution >= 0.6 is 0 Å². The summed E-state index contributed by atoms with van der Waals surface area (Å²) in [6.45, 7) is 13.3. The number of hydrogen-bond acceptors (Lipinski definition) is 4. The zero-order valence-corrected chi connectivity index (χ0v) is 14.2. The van der Waals surface area contributed by atoms with Crippen LogP contribution in [0.3, 0.4) is 0 Å². The van der Waals surface area contributed by atoms with E-state index in [2.05, 4.69) is 18.8 Å². The van der Waals surface area contributed by atoms with Gasteiger partial charge in [0.1, 0.15) is 16.4 Å². The van der Waals surface area contributed by atoms with E-state index in [0.717, 1.165) is 18.5 Å². The van der Waals surface area contributed by atoms with E-state index in [1.54, 1.807) is 13.0 Å². The summed E-state index contributed by atoms with van der Waals surface area (Å²) in [6.07, 6.45) is 1.02. The molecule has 21 heavy (non-hydrogen) atoms. The van der Waals surface area contributed by atoms with Crippen molar-refractivity contribution in [2.45, 2.75) is 45.6 Å². The van der Waals surface area contributed by atoms with Crippen LogP contribution in [0.25, 0.3) is 0 Å². The Balaban J connectivity index is 2.99. The summed E-state index contributed by atoms with van der Waals surface area (Å²) in [5.41, 5.74) is 0.811. The molecule has 0 aromatic carbocycles. The Morgan fingerprint density at radius 3 is 2.62 bits per heavy atom. The quantitative estimate of drug-likeness (QED) is 0.562. The van der Waals surface area contributed by atoms with Gasteiger partial charge in [0, 0.05) is 19.2 Å². The Morgan fingerprint density at radius 2 is 2.10 bits per heavy atom. The SMILES string of the molecule is C=C(C)CN(CC)S(=O)(=O)c1cc(CNCCC)oc1C. The molecule has 0 unspecified atom stereocenters. The molecule has 6 heteroatoms. The van der Waals surface area contributed by atoms with Crippen LogP contribution in [0, 0.1) is 6.92 Å². The highest BCUT2D eigenvalue weighted by Crippen LogP contribution is 2.24. The zero-order chi connectivity index (χ0) is 16.0. The molecule has 0 bridgehead atoms. The summed E-state index contributed by atoms with van der Waals surface area (Å²) in [5.74, 6) is 1.08. The van der Waals surface area contributed by atoms with Gasteiger partial charge < -0.3 is 9.73 Å². The Kier molecular flexibility index (Phi) is 6.64. The van der Waals surface area contributed by atoms with Gasteiger partial charge in [0.2, 0.25) is 10.0 Å². The Labute approximate surface area is 128 Å². The molecule has 5 nitrogen and oxygen atoms in total. The van der Waals surface area contributed by atoms with Crippen molar-refractivity contribution in [1.82, 2.24) is 9.62 Å². The lowest BCUT2D eigenvalue weighted by molar-refractivity contribution is 0.442. The van der Waals surface area contributed by atoms with Crippen LogP contribution in [0.2, 0.25) is 0 Å². The van der Waals surface area contributed by atoms with Crippen molar-refractivity contribution in [3.8, 4) is 0 Å². The van der Waals surface area contributed by atoms with Crippen molar-refractivity contribution in [1.29, 1.82) is 0 Å². The number of aryl methyl sites for hydroxylation is 1. The van der Waals surface area contributed by atoms with Crippen LogP contribution in [0.1, 0.15) is 38.7 Å². The average Bonchev–Trinajstić information content (AvgIpc) is 2.78. The monoisotopic (exact) mass is 314 g/mol. The van der Waals surface area contributed by atoms with Gasteiger partial charge in [0.15, 0.2) is 0 Å². The first-order chi connectivity index (χ1) is 9.82. The standard InChI is InChI=1S/C15H26N2O3S/c1-6-8-16-10-14-9-15(13(5)20-14)21(18,19)17(7-2)11-12(3)4/h9,16H,3,6-8,10-11H2,1-2,4-5H3. The molecular formula is C15H26N2O3S. The molecule has 0 aliphatic carbocycles.